The summed E-state index contributed by atoms with van der Waals surface area (Å²) in [6, 6.07) is 0. The van der Waals surface area contributed by atoms with Gasteiger partial charge in [-0.3, -0.25) is 0 Å². The molecule has 1 aliphatic heterocycles. The van der Waals surface area contributed by atoms with Crippen molar-refractivity contribution in [2.75, 3.05) is 0 Å². The Morgan fingerprint density at radius 1 is 2.00 bits per heavy atom. The summed E-state index contributed by atoms with van der Waals surface area (Å²) in [7, 11) is 0. The van der Waals surface area contributed by atoms with Gasteiger partial charge in [-0.05, 0) is 0 Å². The lowest BCUT2D eigenvalue weighted by molar-refractivity contribution is -0.385. The summed E-state index contributed by atoms with van der Waals surface area (Å²) in [5.41, 5.74) is 0. The Kier molecular flexibility index (Phi) is 0.283. The van der Waals surface area contributed by atoms with Crippen molar-refractivity contribution in [2.24, 2.45) is 0 Å². The lowest BCUT2D eigenvalue weighted by Gasteiger charge is -1.90. The monoisotopic (exact) mass is 69.0 g/mol. The lowest BCUT2D eigenvalue weighted by Crippen LogP contribution is -2.67. The first-order chi connectivity index (χ1) is 2.39. The fraction of sp³-hybridized carbons (Fsp3) is 0. The van der Waals surface area contributed by atoms with Crippen LogP contribution in [0.1, 0.15) is 0 Å². The first-order valence-electron chi connectivity index (χ1n) is 1.30. The molecule has 1 heterocycles. The number of aliphatic hydroxyl groups is 1. The summed E-state index contributed by atoms with van der Waals surface area (Å²) in [4.78, 5) is 2.50. The van der Waals surface area contributed by atoms with Crippen LogP contribution in [0.3, 0.4) is 0 Å². The number of aliphatic hydroxyl groups excluding tert-OH is 1. The number of hydrogen-bond acceptors (Lipinski definition) is 1. The second-order valence-corrected chi connectivity index (χ2v) is 0.799. The third kappa shape index (κ3) is 0.173. The van der Waals surface area contributed by atoms with Gasteiger partial charge in [-0.25, -0.2) is 0 Å². The molecule has 5 heavy (non-hydrogen) atoms. The molecule has 0 aliphatic carbocycles. The molecule has 0 amide bonds. The molecular weight excluding hydrogens is 66.0 g/mol. The maximum absolute atomic E-state index is 8.14. The predicted octanol–water partition coefficient (Wildman–Crippen LogP) is -1.57. The van der Waals surface area contributed by atoms with Gasteiger partial charge < -0.3 is 10.1 Å². The van der Waals surface area contributed by atoms with Crippen molar-refractivity contribution in [3.05, 3.63) is 12.0 Å². The third-order valence-corrected chi connectivity index (χ3v) is 0.409. The van der Waals surface area contributed by atoms with Gasteiger partial charge in [-0.2, -0.15) is 0 Å². The Hall–Kier alpha value is -0.790. The van der Waals surface area contributed by atoms with Crippen LogP contribution >= 0.6 is 0 Å². The largest absolute Gasteiger partial charge is 0.522 e. The molecule has 0 unspecified atom stereocenters. The molecule has 0 fully saturated rings. The van der Waals surface area contributed by atoms with Crippen LogP contribution in [0.5, 0.6) is 0 Å². The first-order valence-corrected chi connectivity index (χ1v) is 1.30. The van der Waals surface area contributed by atoms with Gasteiger partial charge in [-0.15, -0.1) is 0 Å². The van der Waals surface area contributed by atoms with Gasteiger partial charge in [0, 0.05) is 0 Å². The van der Waals surface area contributed by atoms with E-state index in [1.54, 1.807) is 0 Å². The topological polar surface area (TPSA) is 34.2 Å². The number of rotatable bonds is 0. The van der Waals surface area contributed by atoms with Gasteiger partial charge in [-0.1, -0.05) is 0 Å². The molecule has 0 aromatic rings. The summed E-state index contributed by atoms with van der Waals surface area (Å²) < 4.78 is 0. The summed E-state index contributed by atoms with van der Waals surface area (Å²) >= 11 is 0. The minimum absolute atomic E-state index is 0.199. The first kappa shape index (κ1) is 2.45. The fourth-order valence-electron chi connectivity index (χ4n) is 0.137. The Balaban J connectivity index is 2.60. The molecule has 0 saturated carbocycles. The Morgan fingerprint density at radius 2 is 2.40 bits per heavy atom. The van der Waals surface area contributed by atoms with Crippen molar-refractivity contribution < 1.29 is 10.1 Å². The van der Waals surface area contributed by atoms with Crippen molar-refractivity contribution in [1.82, 2.24) is 0 Å². The van der Waals surface area contributed by atoms with Crippen LogP contribution in [0.25, 0.3) is 0 Å². The van der Waals surface area contributed by atoms with E-state index >= 15 is 0 Å². The van der Waals surface area contributed by atoms with Crippen LogP contribution in [0, 0.1) is 0 Å². The lowest BCUT2D eigenvalue weighted by atomic mass is 10.5. The van der Waals surface area contributed by atoms with Crippen LogP contribution < -0.4 is 4.99 Å². The summed E-state index contributed by atoms with van der Waals surface area (Å²) in [5, 5.41) is 8.14. The van der Waals surface area contributed by atoms with Gasteiger partial charge in [0.2, 0.25) is 0 Å². The number of nitrogens with one attached hydrogen (secondary N) is 1. The summed E-state index contributed by atoms with van der Waals surface area (Å²) in [6.07, 6.45) is 3.83. The Morgan fingerprint density at radius 3 is 2.40 bits per heavy atom. The van der Waals surface area contributed by atoms with E-state index in [-0.39, 0.29) is 5.76 Å². The highest BCUT2D eigenvalue weighted by molar-refractivity contribution is 5.72. The zero-order chi connectivity index (χ0) is 3.70. The smallest absolute Gasteiger partial charge is 0.162 e. The van der Waals surface area contributed by atoms with Crippen molar-refractivity contribution in [2.45, 2.75) is 0 Å². The average Bonchev–Trinajstić information content (AvgIpc) is 1.30. The van der Waals surface area contributed by atoms with Gasteiger partial charge in [0.1, 0.15) is 12.0 Å². The van der Waals surface area contributed by atoms with E-state index in [1.807, 2.05) is 0 Å². The van der Waals surface area contributed by atoms with E-state index in [9.17, 15) is 0 Å². The molecule has 1 rings (SSSR count). The molecular formula is C3H3NO. The molecule has 2 nitrogen and oxygen atoms in total. The van der Waals surface area contributed by atoms with E-state index in [2.05, 4.69) is 11.2 Å². The minimum Gasteiger partial charge on any atom is -0.522 e. The molecule has 1 aliphatic rings. The molecule has 0 bridgehead atoms. The standard InChI is InChI=1S/C3H3NO/c5-3-1-4-2-3/h1,4-5H. The second kappa shape index (κ2) is 0.578. The zero-order valence-electron chi connectivity index (χ0n) is 2.52. The highest BCUT2D eigenvalue weighted by atomic mass is 16.3. The normalized spacial score (nSPS) is 17.2. The molecule has 26 valence electrons. The van der Waals surface area contributed by atoms with E-state index in [4.69, 9.17) is 5.11 Å². The van der Waals surface area contributed by atoms with Crippen molar-refractivity contribution in [3.63, 3.8) is 0 Å². The van der Waals surface area contributed by atoms with E-state index in [1.165, 1.54) is 6.20 Å². The van der Waals surface area contributed by atoms with Gasteiger partial charge in [0.05, 0.1) is 0 Å². The molecule has 0 aromatic carbocycles. The van der Waals surface area contributed by atoms with Crippen LogP contribution in [0.4, 0.5) is 0 Å². The number of hydrogen-bond donors (Lipinski definition) is 2. The number of allylic oxidation sites excluding steroid dienone is 1. The Labute approximate surface area is 29.5 Å². The highest BCUT2D eigenvalue weighted by Gasteiger charge is 1.89. The minimum atomic E-state index is 0.199. The summed E-state index contributed by atoms with van der Waals surface area (Å²) in [5.74, 6) is 0.199. The van der Waals surface area contributed by atoms with Crippen LogP contribution in [-0.2, 0) is 0 Å². The summed E-state index contributed by atoms with van der Waals surface area (Å²) in [6.45, 7) is 0. The molecule has 0 atom stereocenters. The second-order valence-electron chi connectivity index (χ2n) is 0.799. The molecule has 0 saturated heterocycles. The van der Waals surface area contributed by atoms with Crippen LogP contribution in [0.15, 0.2) is 12.0 Å². The third-order valence-electron chi connectivity index (χ3n) is 0.409. The van der Waals surface area contributed by atoms with Crippen LogP contribution in [-0.4, -0.2) is 11.3 Å². The molecule has 2 N–H and O–H groups in total. The van der Waals surface area contributed by atoms with E-state index < -0.39 is 0 Å². The van der Waals surface area contributed by atoms with E-state index in [0.29, 0.717) is 0 Å². The SMILES string of the molecule is OC1=C[NH+]=[C-]1. The molecule has 0 spiro atoms. The van der Waals surface area contributed by atoms with Gasteiger partial charge in [0.25, 0.3) is 0 Å². The maximum Gasteiger partial charge on any atom is 0.162 e. The highest BCUT2D eigenvalue weighted by Crippen LogP contribution is 1.71. The molecule has 0 aromatic heterocycles. The molecule has 0 radical (unpaired) electrons. The van der Waals surface area contributed by atoms with E-state index in [0.717, 1.165) is 0 Å². The van der Waals surface area contributed by atoms with Crippen LogP contribution in [0.2, 0.25) is 0 Å². The zero-order valence-corrected chi connectivity index (χ0v) is 2.52. The van der Waals surface area contributed by atoms with Gasteiger partial charge >= 0.3 is 0 Å². The predicted molar refractivity (Wildman–Crippen MR) is 16.7 cm³/mol. The average molecular weight is 69.1 g/mol. The van der Waals surface area contributed by atoms with Gasteiger partial charge in [0.15, 0.2) is 6.21 Å². The quantitative estimate of drug-likeness (QED) is 0.331. The maximum atomic E-state index is 8.14. The molecule has 2 heteroatoms. The van der Waals surface area contributed by atoms with Crippen molar-refractivity contribution in [3.8, 4) is 0 Å². The fourth-order valence-corrected chi connectivity index (χ4v) is 0.137. The van der Waals surface area contributed by atoms with Crippen molar-refractivity contribution >= 4 is 6.21 Å². The van der Waals surface area contributed by atoms with Crippen molar-refractivity contribution in [1.29, 1.82) is 0 Å². The Bertz CT molecular complexity index is 93.1.